The first-order chi connectivity index (χ1) is 6.38. The third kappa shape index (κ3) is 1.97. The lowest BCUT2D eigenvalue weighted by Gasteiger charge is -2.06. The molecule has 0 radical (unpaired) electrons. The lowest BCUT2D eigenvalue weighted by molar-refractivity contribution is 0.563. The van der Waals surface area contributed by atoms with E-state index < -0.39 is 20.7 Å². The van der Waals surface area contributed by atoms with Gasteiger partial charge in [0.1, 0.15) is 4.90 Å². The summed E-state index contributed by atoms with van der Waals surface area (Å²) in [5, 5.41) is 0.0673. The SMILES string of the molecule is CNS(=O)(=O)c1cc(Cl)cc(N)c1F. The Labute approximate surface area is 85.9 Å². The lowest BCUT2D eigenvalue weighted by atomic mass is 10.3. The maximum atomic E-state index is 13.3. The molecule has 0 spiro atoms. The Kier molecular flexibility index (Phi) is 2.98. The highest BCUT2D eigenvalue weighted by atomic mass is 35.5. The molecule has 0 aliphatic carbocycles. The van der Waals surface area contributed by atoms with Crippen LogP contribution in [-0.4, -0.2) is 15.5 Å². The van der Waals surface area contributed by atoms with Gasteiger partial charge in [0.15, 0.2) is 5.82 Å². The highest BCUT2D eigenvalue weighted by Gasteiger charge is 2.19. The van der Waals surface area contributed by atoms with E-state index in [2.05, 4.69) is 0 Å². The Morgan fingerprint density at radius 3 is 2.57 bits per heavy atom. The number of halogens is 2. The molecule has 0 atom stereocenters. The molecule has 0 amide bonds. The Morgan fingerprint density at radius 2 is 2.07 bits per heavy atom. The van der Waals surface area contributed by atoms with E-state index in [1.165, 1.54) is 7.05 Å². The quantitative estimate of drug-likeness (QED) is 0.754. The minimum absolute atomic E-state index is 0.0673. The van der Waals surface area contributed by atoms with E-state index in [0.717, 1.165) is 12.1 Å². The van der Waals surface area contributed by atoms with E-state index >= 15 is 0 Å². The highest BCUT2D eigenvalue weighted by molar-refractivity contribution is 7.89. The van der Waals surface area contributed by atoms with Crippen molar-refractivity contribution in [2.75, 3.05) is 12.8 Å². The monoisotopic (exact) mass is 238 g/mol. The molecule has 1 aromatic rings. The number of nitrogens with two attached hydrogens (primary N) is 1. The molecule has 0 aliphatic heterocycles. The summed E-state index contributed by atoms with van der Waals surface area (Å²) < 4.78 is 37.8. The molecule has 4 nitrogen and oxygen atoms in total. The van der Waals surface area contributed by atoms with Crippen LogP contribution < -0.4 is 10.5 Å². The fourth-order valence-electron chi connectivity index (χ4n) is 0.890. The van der Waals surface area contributed by atoms with Gasteiger partial charge in [-0.2, -0.15) is 0 Å². The molecule has 7 heteroatoms. The molecular weight excluding hydrogens is 231 g/mol. The molecule has 3 N–H and O–H groups in total. The van der Waals surface area contributed by atoms with Crippen molar-refractivity contribution < 1.29 is 12.8 Å². The maximum absolute atomic E-state index is 13.3. The summed E-state index contributed by atoms with van der Waals surface area (Å²) in [4.78, 5) is -0.551. The smallest absolute Gasteiger partial charge is 0.243 e. The summed E-state index contributed by atoms with van der Waals surface area (Å²) in [6.45, 7) is 0. The summed E-state index contributed by atoms with van der Waals surface area (Å²) >= 11 is 5.55. The number of sulfonamides is 1. The summed E-state index contributed by atoms with van der Waals surface area (Å²) in [5.74, 6) is -0.997. The Balaban J connectivity index is 3.50. The summed E-state index contributed by atoms with van der Waals surface area (Å²) in [6.07, 6.45) is 0. The normalized spacial score (nSPS) is 11.6. The molecule has 78 valence electrons. The number of hydrogen-bond acceptors (Lipinski definition) is 3. The molecule has 1 aromatic carbocycles. The van der Waals surface area contributed by atoms with Crippen LogP contribution in [0.4, 0.5) is 10.1 Å². The van der Waals surface area contributed by atoms with Crippen LogP contribution in [0.2, 0.25) is 5.02 Å². The molecule has 0 fully saturated rings. The van der Waals surface area contributed by atoms with Crippen LogP contribution in [0, 0.1) is 5.82 Å². The predicted molar refractivity (Wildman–Crippen MR) is 52.1 cm³/mol. The van der Waals surface area contributed by atoms with E-state index in [1.54, 1.807) is 0 Å². The van der Waals surface area contributed by atoms with Crippen LogP contribution in [0.1, 0.15) is 0 Å². The number of nitrogen functional groups attached to an aromatic ring is 1. The number of benzene rings is 1. The number of hydrogen-bond donors (Lipinski definition) is 2. The van der Waals surface area contributed by atoms with Crippen molar-refractivity contribution in [3.8, 4) is 0 Å². The zero-order valence-corrected chi connectivity index (χ0v) is 8.79. The first-order valence-electron chi connectivity index (χ1n) is 3.56. The first kappa shape index (κ1) is 11.2. The van der Waals surface area contributed by atoms with E-state index in [-0.39, 0.29) is 10.7 Å². The molecule has 0 saturated carbocycles. The second-order valence-corrected chi connectivity index (χ2v) is 4.81. The Bertz CT molecular complexity index is 461. The predicted octanol–water partition coefficient (Wildman–Crippen LogP) is 0.969. The van der Waals surface area contributed by atoms with Gasteiger partial charge in [-0.05, 0) is 19.2 Å². The second-order valence-electron chi connectivity index (χ2n) is 2.51. The van der Waals surface area contributed by atoms with Gasteiger partial charge in [-0.1, -0.05) is 11.6 Å². The number of anilines is 1. The second kappa shape index (κ2) is 3.72. The van der Waals surface area contributed by atoms with Gasteiger partial charge in [-0.25, -0.2) is 17.5 Å². The number of rotatable bonds is 2. The third-order valence-electron chi connectivity index (χ3n) is 1.59. The van der Waals surface area contributed by atoms with Crippen LogP contribution in [-0.2, 0) is 10.0 Å². The molecule has 0 aliphatic rings. The molecular formula is C7H8ClFN2O2S. The zero-order valence-electron chi connectivity index (χ0n) is 7.21. The highest BCUT2D eigenvalue weighted by Crippen LogP contribution is 2.24. The molecule has 0 aromatic heterocycles. The van der Waals surface area contributed by atoms with Gasteiger partial charge in [0.05, 0.1) is 5.69 Å². The lowest BCUT2D eigenvalue weighted by Crippen LogP contribution is -2.20. The van der Waals surface area contributed by atoms with E-state index in [0.29, 0.717) is 0 Å². The summed E-state index contributed by atoms with van der Waals surface area (Å²) in [5.41, 5.74) is 4.92. The van der Waals surface area contributed by atoms with Gasteiger partial charge >= 0.3 is 0 Å². The van der Waals surface area contributed by atoms with Crippen molar-refractivity contribution in [3.63, 3.8) is 0 Å². The fraction of sp³-hybridized carbons (Fsp3) is 0.143. The van der Waals surface area contributed by atoms with Gasteiger partial charge in [-0.15, -0.1) is 0 Å². The third-order valence-corrected chi connectivity index (χ3v) is 3.22. The van der Waals surface area contributed by atoms with Crippen molar-refractivity contribution in [2.24, 2.45) is 0 Å². The van der Waals surface area contributed by atoms with Crippen LogP contribution >= 0.6 is 11.6 Å². The van der Waals surface area contributed by atoms with Crippen LogP contribution in [0.5, 0.6) is 0 Å². The first-order valence-corrected chi connectivity index (χ1v) is 5.42. The van der Waals surface area contributed by atoms with E-state index in [1.807, 2.05) is 4.72 Å². The topological polar surface area (TPSA) is 72.2 Å². The van der Waals surface area contributed by atoms with Crippen LogP contribution in [0.15, 0.2) is 17.0 Å². The molecule has 0 unspecified atom stereocenters. The van der Waals surface area contributed by atoms with Gasteiger partial charge < -0.3 is 5.73 Å². The van der Waals surface area contributed by atoms with Gasteiger partial charge in [0.2, 0.25) is 10.0 Å². The average Bonchev–Trinajstić information content (AvgIpc) is 2.11. The Morgan fingerprint density at radius 1 is 1.50 bits per heavy atom. The van der Waals surface area contributed by atoms with E-state index in [9.17, 15) is 12.8 Å². The fourth-order valence-corrected chi connectivity index (χ4v) is 2.04. The van der Waals surface area contributed by atoms with Gasteiger partial charge in [0.25, 0.3) is 0 Å². The van der Waals surface area contributed by atoms with Gasteiger partial charge in [0, 0.05) is 5.02 Å². The average molecular weight is 239 g/mol. The van der Waals surface area contributed by atoms with Crippen molar-refractivity contribution in [3.05, 3.63) is 23.0 Å². The molecule has 0 bridgehead atoms. The van der Waals surface area contributed by atoms with Crippen molar-refractivity contribution >= 4 is 27.3 Å². The van der Waals surface area contributed by atoms with E-state index in [4.69, 9.17) is 17.3 Å². The Hall–Kier alpha value is -0.850. The molecule has 14 heavy (non-hydrogen) atoms. The van der Waals surface area contributed by atoms with Gasteiger partial charge in [-0.3, -0.25) is 0 Å². The summed E-state index contributed by atoms with van der Waals surface area (Å²) in [7, 11) is -2.69. The van der Waals surface area contributed by atoms with Crippen molar-refractivity contribution in [2.45, 2.75) is 4.90 Å². The molecule has 0 saturated heterocycles. The molecule has 1 rings (SSSR count). The minimum Gasteiger partial charge on any atom is -0.396 e. The van der Waals surface area contributed by atoms with Crippen molar-refractivity contribution in [1.82, 2.24) is 4.72 Å². The minimum atomic E-state index is -3.86. The van der Waals surface area contributed by atoms with Crippen LogP contribution in [0.25, 0.3) is 0 Å². The zero-order chi connectivity index (χ0) is 10.9. The largest absolute Gasteiger partial charge is 0.396 e. The van der Waals surface area contributed by atoms with Crippen molar-refractivity contribution in [1.29, 1.82) is 0 Å². The maximum Gasteiger partial charge on any atom is 0.243 e. The molecule has 0 heterocycles. The standard InChI is InChI=1S/C7H8ClFN2O2S/c1-11-14(12,13)6-3-4(8)2-5(10)7(6)9/h2-3,11H,10H2,1H3. The van der Waals surface area contributed by atoms with Crippen LogP contribution in [0.3, 0.4) is 0 Å². The summed E-state index contributed by atoms with van der Waals surface area (Å²) in [6, 6.07) is 2.14. The number of nitrogens with one attached hydrogen (secondary N) is 1.